The van der Waals surface area contributed by atoms with Crippen molar-refractivity contribution in [3.8, 4) is 0 Å². The highest BCUT2D eigenvalue weighted by molar-refractivity contribution is 7.12. The maximum absolute atomic E-state index is 13.6. The topological polar surface area (TPSA) is 84.5 Å². The van der Waals surface area contributed by atoms with Crippen LogP contribution in [0.1, 0.15) is 30.4 Å². The largest absolute Gasteiger partial charge is 0.451 e. The van der Waals surface area contributed by atoms with E-state index in [0.29, 0.717) is 4.88 Å². The number of hydrogen-bond donors (Lipinski definition) is 2. The summed E-state index contributed by atoms with van der Waals surface area (Å²) >= 11 is 1.22. The molecule has 9 heteroatoms. The van der Waals surface area contributed by atoms with E-state index in [0.717, 1.165) is 18.2 Å². The highest BCUT2D eigenvalue weighted by atomic mass is 32.1. The summed E-state index contributed by atoms with van der Waals surface area (Å²) in [6, 6.07) is 4.96. The van der Waals surface area contributed by atoms with E-state index in [1.54, 1.807) is 31.4 Å². The Morgan fingerprint density at radius 3 is 2.43 bits per heavy atom. The molecular weight excluding hydrogens is 390 g/mol. The molecule has 2 amide bonds. The van der Waals surface area contributed by atoms with E-state index in [-0.39, 0.29) is 11.6 Å². The van der Waals surface area contributed by atoms with Crippen LogP contribution in [-0.2, 0) is 14.3 Å². The number of carbonyl (C=O) groups excluding carboxylic acids is 3. The predicted molar refractivity (Wildman–Crippen MR) is 101 cm³/mol. The van der Waals surface area contributed by atoms with E-state index in [9.17, 15) is 23.2 Å². The zero-order valence-electron chi connectivity index (χ0n) is 15.5. The molecule has 0 aliphatic rings. The van der Waals surface area contributed by atoms with Gasteiger partial charge in [-0.3, -0.25) is 9.59 Å². The molecule has 1 heterocycles. The quantitative estimate of drug-likeness (QED) is 0.686. The molecule has 0 radical (unpaired) electrons. The summed E-state index contributed by atoms with van der Waals surface area (Å²) in [6.45, 7) is 4.73. The lowest BCUT2D eigenvalue weighted by molar-refractivity contribution is -0.156. The second-order valence-electron chi connectivity index (χ2n) is 6.36. The van der Waals surface area contributed by atoms with Gasteiger partial charge in [-0.2, -0.15) is 0 Å². The fourth-order valence-electron chi connectivity index (χ4n) is 2.25. The molecule has 2 aromatic rings. The highest BCUT2D eigenvalue weighted by Crippen LogP contribution is 2.16. The number of esters is 1. The minimum atomic E-state index is -1.28. The number of ether oxygens (including phenoxy) is 1. The Morgan fingerprint density at radius 1 is 1.11 bits per heavy atom. The van der Waals surface area contributed by atoms with Crippen molar-refractivity contribution in [3.63, 3.8) is 0 Å². The van der Waals surface area contributed by atoms with Crippen LogP contribution in [0.3, 0.4) is 0 Å². The van der Waals surface area contributed by atoms with E-state index < -0.39 is 41.6 Å². The van der Waals surface area contributed by atoms with Gasteiger partial charge in [0.05, 0.1) is 10.6 Å². The van der Waals surface area contributed by atoms with Gasteiger partial charge in [0.1, 0.15) is 17.7 Å². The van der Waals surface area contributed by atoms with Gasteiger partial charge in [-0.1, -0.05) is 19.9 Å². The van der Waals surface area contributed by atoms with Crippen molar-refractivity contribution < 1.29 is 27.9 Å². The molecule has 0 saturated heterocycles. The first-order valence-corrected chi connectivity index (χ1v) is 9.37. The van der Waals surface area contributed by atoms with Gasteiger partial charge in [0, 0.05) is 6.07 Å². The Bertz CT molecular complexity index is 856. The van der Waals surface area contributed by atoms with E-state index >= 15 is 0 Å². The van der Waals surface area contributed by atoms with Crippen molar-refractivity contribution in [1.82, 2.24) is 5.32 Å². The van der Waals surface area contributed by atoms with E-state index in [4.69, 9.17) is 4.74 Å². The molecule has 6 nitrogen and oxygen atoms in total. The SMILES string of the molecule is CC(C)[C@H](NC(=O)c1cccs1)C(=O)O[C@H](C)C(=O)Nc1cc(F)ccc1F. The first-order valence-electron chi connectivity index (χ1n) is 8.49. The number of halogens is 2. The van der Waals surface area contributed by atoms with Gasteiger partial charge in [0.2, 0.25) is 0 Å². The van der Waals surface area contributed by atoms with Gasteiger partial charge < -0.3 is 15.4 Å². The van der Waals surface area contributed by atoms with Crippen LogP contribution in [0.15, 0.2) is 35.7 Å². The van der Waals surface area contributed by atoms with Gasteiger partial charge in [-0.05, 0) is 36.4 Å². The molecule has 0 aliphatic heterocycles. The van der Waals surface area contributed by atoms with Crippen molar-refractivity contribution >= 4 is 34.8 Å². The number of carbonyl (C=O) groups is 3. The number of rotatable bonds is 7. The first-order chi connectivity index (χ1) is 13.2. The number of anilines is 1. The summed E-state index contributed by atoms with van der Waals surface area (Å²) in [5, 5.41) is 6.49. The number of thiophene rings is 1. The molecular formula is C19H20F2N2O4S. The van der Waals surface area contributed by atoms with Crippen LogP contribution in [-0.4, -0.2) is 29.9 Å². The molecule has 2 N–H and O–H groups in total. The van der Waals surface area contributed by atoms with Crippen molar-refractivity contribution in [2.75, 3.05) is 5.32 Å². The smallest absolute Gasteiger partial charge is 0.329 e. The molecule has 0 fully saturated rings. The highest BCUT2D eigenvalue weighted by Gasteiger charge is 2.29. The van der Waals surface area contributed by atoms with Crippen LogP contribution >= 0.6 is 11.3 Å². The normalized spacial score (nSPS) is 12.9. The first kappa shape index (κ1) is 21.5. The van der Waals surface area contributed by atoms with Crippen molar-refractivity contribution in [1.29, 1.82) is 0 Å². The lowest BCUT2D eigenvalue weighted by Gasteiger charge is -2.22. The van der Waals surface area contributed by atoms with Gasteiger partial charge in [0.15, 0.2) is 6.10 Å². The monoisotopic (exact) mass is 410 g/mol. The second kappa shape index (κ2) is 9.41. The Labute approximate surface area is 164 Å². The molecule has 2 atom stereocenters. The Morgan fingerprint density at radius 2 is 1.82 bits per heavy atom. The summed E-state index contributed by atoms with van der Waals surface area (Å²) in [6.07, 6.45) is -1.28. The fourth-order valence-corrected chi connectivity index (χ4v) is 2.87. The van der Waals surface area contributed by atoms with E-state index in [2.05, 4.69) is 10.6 Å². The zero-order valence-corrected chi connectivity index (χ0v) is 16.3. The molecule has 28 heavy (non-hydrogen) atoms. The van der Waals surface area contributed by atoms with Crippen LogP contribution in [0.4, 0.5) is 14.5 Å². The van der Waals surface area contributed by atoms with Gasteiger partial charge >= 0.3 is 5.97 Å². The third-order valence-corrected chi connectivity index (χ3v) is 4.67. The molecule has 0 spiro atoms. The van der Waals surface area contributed by atoms with Crippen LogP contribution in [0.25, 0.3) is 0 Å². The molecule has 0 saturated carbocycles. The summed E-state index contributed by atoms with van der Waals surface area (Å²) < 4.78 is 31.9. The Balaban J connectivity index is 2.00. The minimum Gasteiger partial charge on any atom is -0.451 e. The number of benzene rings is 1. The fraction of sp³-hybridized carbons (Fsp3) is 0.316. The third-order valence-electron chi connectivity index (χ3n) is 3.80. The summed E-state index contributed by atoms with van der Waals surface area (Å²) in [5.74, 6) is -3.90. The number of hydrogen-bond acceptors (Lipinski definition) is 5. The standard InChI is InChI=1S/C19H20F2N2O4S/c1-10(2)16(23-18(25)15-5-4-8-28-15)19(26)27-11(3)17(24)22-14-9-12(20)6-7-13(14)21/h4-11,16H,1-3H3,(H,22,24)(H,23,25)/t11-,16+/m1/s1. The molecule has 1 aromatic carbocycles. The molecule has 0 bridgehead atoms. The lowest BCUT2D eigenvalue weighted by Crippen LogP contribution is -2.47. The molecule has 0 aliphatic carbocycles. The van der Waals surface area contributed by atoms with Gasteiger partial charge in [-0.15, -0.1) is 11.3 Å². The Hall–Kier alpha value is -2.81. The van der Waals surface area contributed by atoms with Crippen LogP contribution in [0.2, 0.25) is 0 Å². The lowest BCUT2D eigenvalue weighted by atomic mass is 10.0. The average Bonchev–Trinajstić information content (AvgIpc) is 3.16. The predicted octanol–water partition coefficient (Wildman–Crippen LogP) is 3.35. The maximum atomic E-state index is 13.6. The molecule has 2 rings (SSSR count). The van der Waals surface area contributed by atoms with Crippen LogP contribution in [0.5, 0.6) is 0 Å². The zero-order chi connectivity index (χ0) is 20.8. The van der Waals surface area contributed by atoms with Crippen molar-refractivity contribution in [2.24, 2.45) is 5.92 Å². The van der Waals surface area contributed by atoms with Crippen LogP contribution < -0.4 is 10.6 Å². The summed E-state index contributed by atoms with van der Waals surface area (Å²) in [5.41, 5.74) is -0.362. The molecule has 1 aromatic heterocycles. The van der Waals surface area contributed by atoms with Gasteiger partial charge in [-0.25, -0.2) is 13.6 Å². The Kier molecular flexibility index (Phi) is 7.22. The summed E-state index contributed by atoms with van der Waals surface area (Å²) in [4.78, 5) is 37.2. The van der Waals surface area contributed by atoms with E-state index in [1.165, 1.54) is 18.3 Å². The minimum absolute atomic E-state index is 0.299. The second-order valence-corrected chi connectivity index (χ2v) is 7.31. The van der Waals surface area contributed by atoms with E-state index in [1.807, 2.05) is 0 Å². The number of amides is 2. The molecule has 0 unspecified atom stereocenters. The van der Waals surface area contributed by atoms with Crippen molar-refractivity contribution in [3.05, 3.63) is 52.2 Å². The number of nitrogens with one attached hydrogen (secondary N) is 2. The maximum Gasteiger partial charge on any atom is 0.329 e. The van der Waals surface area contributed by atoms with Gasteiger partial charge in [0.25, 0.3) is 11.8 Å². The van der Waals surface area contributed by atoms with Crippen molar-refractivity contribution in [2.45, 2.75) is 32.9 Å². The summed E-state index contributed by atoms with van der Waals surface area (Å²) in [7, 11) is 0. The van der Waals surface area contributed by atoms with Crippen LogP contribution in [0, 0.1) is 17.6 Å². The molecule has 150 valence electrons. The average molecular weight is 410 g/mol. The third kappa shape index (κ3) is 5.59.